The zero-order valence-corrected chi connectivity index (χ0v) is 30.3. The normalized spacial score (nSPS) is 39.5. The zero-order chi connectivity index (χ0) is 36.1. The zero-order valence-electron chi connectivity index (χ0n) is 30.3. The van der Waals surface area contributed by atoms with Crippen molar-refractivity contribution in [1.82, 2.24) is 0 Å². The summed E-state index contributed by atoms with van der Waals surface area (Å²) in [4.78, 5) is 27.5. The van der Waals surface area contributed by atoms with E-state index in [-0.39, 0.29) is 31.1 Å². The van der Waals surface area contributed by atoms with Crippen molar-refractivity contribution in [3.8, 4) is 11.5 Å². The number of hydrogen-bond acceptors (Lipinski definition) is 9. The number of carbonyl (C=O) groups excluding carboxylic acids is 2. The molecule has 2 saturated heterocycles. The van der Waals surface area contributed by atoms with Crippen molar-refractivity contribution in [3.63, 3.8) is 0 Å². The Morgan fingerprint density at radius 3 is 2.32 bits per heavy atom. The van der Waals surface area contributed by atoms with Crippen LogP contribution in [0.5, 0.6) is 11.5 Å². The van der Waals surface area contributed by atoms with Gasteiger partial charge in [-0.15, -0.1) is 0 Å². The number of benzene rings is 2. The van der Waals surface area contributed by atoms with E-state index in [2.05, 4.69) is 27.4 Å². The molecule has 2 heterocycles. The van der Waals surface area contributed by atoms with E-state index >= 15 is 0 Å². The number of fused-ring (bicyclic) bond motifs is 2. The van der Waals surface area contributed by atoms with E-state index in [4.69, 9.17) is 28.4 Å². The van der Waals surface area contributed by atoms with E-state index in [0.29, 0.717) is 41.1 Å². The third-order valence-corrected chi connectivity index (χ3v) is 12.8. The number of aliphatic hydroxyl groups is 1. The summed E-state index contributed by atoms with van der Waals surface area (Å²) in [6.07, 6.45) is 4.69. The molecular weight excluding hydrogens is 636 g/mol. The Morgan fingerprint density at radius 2 is 1.66 bits per heavy atom. The molecule has 3 aliphatic carbocycles. The second kappa shape index (κ2) is 11.1. The molecule has 2 aromatic carbocycles. The van der Waals surface area contributed by atoms with E-state index in [9.17, 15) is 14.7 Å². The summed E-state index contributed by atoms with van der Waals surface area (Å²) in [7, 11) is 3.09. The van der Waals surface area contributed by atoms with E-state index in [1.165, 1.54) is 7.11 Å². The van der Waals surface area contributed by atoms with Gasteiger partial charge in [-0.05, 0) is 80.0 Å². The van der Waals surface area contributed by atoms with Gasteiger partial charge in [-0.25, -0.2) is 0 Å². The fraction of sp³-hybridized carbons (Fsp3) is 0.512. The van der Waals surface area contributed by atoms with Crippen molar-refractivity contribution in [2.24, 2.45) is 16.7 Å². The maximum atomic E-state index is 14.2. The molecule has 0 spiro atoms. The first-order valence-electron chi connectivity index (χ1n) is 17.3. The molecule has 9 nitrogen and oxygen atoms in total. The Morgan fingerprint density at radius 1 is 0.960 bits per heavy atom. The summed E-state index contributed by atoms with van der Waals surface area (Å²) in [5.74, 6) is -1.53. The van der Waals surface area contributed by atoms with Gasteiger partial charge in [0.15, 0.2) is 17.3 Å². The topological polar surface area (TPSA) is 110 Å². The minimum absolute atomic E-state index is 0.00793. The summed E-state index contributed by atoms with van der Waals surface area (Å²) < 4.78 is 38.4. The fourth-order valence-corrected chi connectivity index (χ4v) is 10.6. The second-order valence-corrected chi connectivity index (χ2v) is 15.6. The molecular formula is C41H48O9. The van der Waals surface area contributed by atoms with Crippen LogP contribution in [0.3, 0.4) is 0 Å². The van der Waals surface area contributed by atoms with E-state index in [1.807, 2.05) is 56.3 Å². The monoisotopic (exact) mass is 684 g/mol. The van der Waals surface area contributed by atoms with Crippen LogP contribution in [0, 0.1) is 16.7 Å². The van der Waals surface area contributed by atoms with E-state index in [1.54, 1.807) is 32.2 Å². The van der Waals surface area contributed by atoms with Crippen LogP contribution in [0.25, 0.3) is 0 Å². The number of rotatable bonds is 9. The van der Waals surface area contributed by atoms with Crippen molar-refractivity contribution in [3.05, 3.63) is 95.1 Å². The Hall–Kier alpha value is -3.76. The van der Waals surface area contributed by atoms with Gasteiger partial charge < -0.3 is 33.5 Å². The van der Waals surface area contributed by atoms with Gasteiger partial charge in [-0.1, -0.05) is 69.0 Å². The van der Waals surface area contributed by atoms with Crippen LogP contribution in [0.2, 0.25) is 0 Å². The molecule has 3 bridgehead atoms. The van der Waals surface area contributed by atoms with Crippen LogP contribution in [0.4, 0.5) is 0 Å². The molecule has 3 fully saturated rings. The average molecular weight is 685 g/mol. The molecule has 2 aromatic rings. The second-order valence-electron chi connectivity index (χ2n) is 15.6. The van der Waals surface area contributed by atoms with Crippen molar-refractivity contribution in [2.75, 3.05) is 20.8 Å². The number of carbonyl (C=O) groups is 2. The highest BCUT2D eigenvalue weighted by Crippen LogP contribution is 2.79. The molecule has 50 heavy (non-hydrogen) atoms. The number of methoxy groups -OCH3 is 2. The lowest BCUT2D eigenvalue weighted by Crippen LogP contribution is -2.82. The maximum Gasteiger partial charge on any atom is 0.310 e. The SMILES string of the molecule is C=C(C)[C@]12C[C@@H](C)[C@@]34O[C@](Cc5ccccc5)(O[C@]1(C)[C@]3(C)C=C(COC(=O)Cc1ccc(OC)c(OC)c1)C[C@]1(O)C(=O)C(C)=C[C@@]41C)O2. The van der Waals surface area contributed by atoms with Crippen LogP contribution in [-0.2, 0) is 41.4 Å². The molecule has 0 amide bonds. The van der Waals surface area contributed by atoms with Gasteiger partial charge in [0.25, 0.3) is 5.97 Å². The molecule has 7 rings (SSSR count). The van der Waals surface area contributed by atoms with Gasteiger partial charge in [-0.3, -0.25) is 9.59 Å². The predicted octanol–water partition coefficient (Wildman–Crippen LogP) is 6.22. The van der Waals surface area contributed by atoms with Crippen molar-refractivity contribution in [1.29, 1.82) is 0 Å². The maximum absolute atomic E-state index is 14.2. The summed E-state index contributed by atoms with van der Waals surface area (Å²) in [6.45, 7) is 16.2. The predicted molar refractivity (Wildman–Crippen MR) is 185 cm³/mol. The number of ketones is 1. The highest BCUT2D eigenvalue weighted by Gasteiger charge is 2.89. The number of Topliss-reactive ketones (excluding diaryl/α,β-unsaturated/α-hetero) is 1. The lowest BCUT2D eigenvalue weighted by molar-refractivity contribution is -0.462. The molecule has 266 valence electrons. The minimum atomic E-state index is -1.89. The van der Waals surface area contributed by atoms with Crippen molar-refractivity contribution < 1.29 is 43.1 Å². The number of ether oxygens (including phenoxy) is 6. The largest absolute Gasteiger partial charge is 0.493 e. The molecule has 0 unspecified atom stereocenters. The first-order valence-corrected chi connectivity index (χ1v) is 17.3. The van der Waals surface area contributed by atoms with Gasteiger partial charge >= 0.3 is 5.97 Å². The molecule has 9 heteroatoms. The van der Waals surface area contributed by atoms with Crippen LogP contribution < -0.4 is 9.47 Å². The molecule has 0 aromatic heterocycles. The lowest BCUT2D eigenvalue weighted by atomic mass is 9.40. The standard InChI is InChI=1S/C41H48O9/c1-25(2)39-20-27(4)41-35(5,37(39,7)48-40(49-39,50-41)23-28-13-11-10-12-14-28)21-30(22-38(44)34(43)26(3)19-36(38,41)6)24-47-33(42)18-29-15-16-31(45-8)32(17-29)46-9/h10-17,19,21,27,44H,1,18,20,22-24H2,2-9H3/t27-,35+,36-,37-,38+,39-,40-,41-/m1/s1. The summed E-state index contributed by atoms with van der Waals surface area (Å²) in [5.41, 5.74) is -3.85. The summed E-state index contributed by atoms with van der Waals surface area (Å²) >= 11 is 0. The molecule has 0 radical (unpaired) electrons. The molecule has 1 N–H and O–H groups in total. The lowest BCUT2D eigenvalue weighted by Gasteiger charge is -2.71. The Labute approximate surface area is 294 Å². The quantitative estimate of drug-likeness (QED) is 0.243. The van der Waals surface area contributed by atoms with Crippen molar-refractivity contribution >= 4 is 11.8 Å². The van der Waals surface area contributed by atoms with Crippen LogP contribution in [-0.4, -0.2) is 66.1 Å². The molecule has 5 aliphatic rings. The third-order valence-electron chi connectivity index (χ3n) is 12.8. The highest BCUT2D eigenvalue weighted by atomic mass is 16.9. The average Bonchev–Trinajstić information content (AvgIpc) is 3.31. The van der Waals surface area contributed by atoms with Gasteiger partial charge in [0.05, 0.1) is 32.5 Å². The first-order chi connectivity index (χ1) is 23.5. The Bertz CT molecular complexity index is 1850. The molecule has 8 atom stereocenters. The molecule has 1 saturated carbocycles. The number of hydrogen-bond donors (Lipinski definition) is 1. The smallest absolute Gasteiger partial charge is 0.310 e. The van der Waals surface area contributed by atoms with E-state index in [0.717, 1.165) is 11.1 Å². The Balaban J connectivity index is 1.34. The fourth-order valence-electron chi connectivity index (χ4n) is 10.6. The summed E-state index contributed by atoms with van der Waals surface area (Å²) in [6, 6.07) is 15.2. The van der Waals surface area contributed by atoms with Gasteiger partial charge in [0, 0.05) is 11.8 Å². The third kappa shape index (κ3) is 4.21. The van der Waals surface area contributed by atoms with Crippen LogP contribution in [0.1, 0.15) is 65.5 Å². The summed E-state index contributed by atoms with van der Waals surface area (Å²) in [5, 5.41) is 12.9. The minimum Gasteiger partial charge on any atom is -0.493 e. The van der Waals surface area contributed by atoms with Gasteiger partial charge in [0.1, 0.15) is 29.0 Å². The number of esters is 1. The Kier molecular flexibility index (Phi) is 7.71. The molecule has 2 aliphatic heterocycles. The van der Waals surface area contributed by atoms with Crippen molar-refractivity contribution in [2.45, 2.75) is 95.6 Å². The van der Waals surface area contributed by atoms with Crippen LogP contribution >= 0.6 is 0 Å². The van der Waals surface area contributed by atoms with Gasteiger partial charge in [0.2, 0.25) is 0 Å². The highest BCUT2D eigenvalue weighted by molar-refractivity contribution is 6.05. The first kappa shape index (κ1) is 34.7. The van der Waals surface area contributed by atoms with Gasteiger partial charge in [-0.2, -0.15) is 0 Å². The van der Waals surface area contributed by atoms with Crippen LogP contribution in [0.15, 0.2) is 84.0 Å². The van der Waals surface area contributed by atoms with E-state index < -0.39 is 45.2 Å².